The molecule has 23 heavy (non-hydrogen) atoms. The smallest absolute Gasteiger partial charge is 0.452 e. The Morgan fingerprint density at radius 2 is 1.39 bits per heavy atom. The van der Waals surface area contributed by atoms with E-state index in [9.17, 15) is 9.59 Å². The molecule has 0 atom stereocenters. The Hall–Kier alpha value is -1.24. The summed E-state index contributed by atoms with van der Waals surface area (Å²) in [5.41, 5.74) is 0. The van der Waals surface area contributed by atoms with Crippen LogP contribution in [0.4, 0.5) is 9.59 Å². The minimum Gasteiger partial charge on any atom is -0.503 e. The van der Waals surface area contributed by atoms with Crippen LogP contribution in [0.5, 0.6) is 0 Å². The van der Waals surface area contributed by atoms with Crippen molar-refractivity contribution in [2.75, 3.05) is 6.61 Å². The molecule has 2 amide bonds. The summed E-state index contributed by atoms with van der Waals surface area (Å²) >= 11 is 0. The van der Waals surface area contributed by atoms with Crippen molar-refractivity contribution in [2.45, 2.75) is 84.2 Å². The van der Waals surface area contributed by atoms with E-state index in [-0.39, 0.29) is 10.1 Å². The van der Waals surface area contributed by atoms with E-state index in [1.54, 1.807) is 0 Å². The van der Waals surface area contributed by atoms with Crippen LogP contribution in [0.15, 0.2) is 10.2 Å². The molecule has 0 aliphatic carbocycles. The second kappa shape index (κ2) is 9.80. The van der Waals surface area contributed by atoms with Crippen LogP contribution >= 0.6 is 0 Å². The van der Waals surface area contributed by atoms with Gasteiger partial charge in [-0.05, 0) is 16.5 Å². The van der Waals surface area contributed by atoms with Crippen molar-refractivity contribution in [3.63, 3.8) is 0 Å². The van der Waals surface area contributed by atoms with Crippen molar-refractivity contribution >= 4 is 21.2 Å². The van der Waals surface area contributed by atoms with E-state index in [1.807, 2.05) is 41.5 Å². The minimum absolute atomic E-state index is 0.108. The number of nitrogens with zero attached hydrogens (tertiary/aromatic N) is 2. The van der Waals surface area contributed by atoms with E-state index < -0.39 is 21.2 Å². The molecule has 0 heterocycles. The summed E-state index contributed by atoms with van der Waals surface area (Å²) in [7, 11) is -1.92. The summed E-state index contributed by atoms with van der Waals surface area (Å²) in [6.45, 7) is 14.7. The Morgan fingerprint density at radius 3 is 1.87 bits per heavy atom. The largest absolute Gasteiger partial charge is 0.503 e. The van der Waals surface area contributed by atoms with Crippen molar-refractivity contribution in [3.05, 3.63) is 0 Å². The number of azo groups is 1. The summed E-state index contributed by atoms with van der Waals surface area (Å²) in [5, 5.41) is 6.38. The lowest BCUT2D eigenvalue weighted by Gasteiger charge is -2.36. The van der Waals surface area contributed by atoms with Gasteiger partial charge >= 0.3 is 12.2 Å². The third kappa shape index (κ3) is 10.2. The monoisotopic (exact) mass is 344 g/mol. The summed E-state index contributed by atoms with van der Waals surface area (Å²) in [5.74, 6) is 0. The number of rotatable bonds is 6. The van der Waals surface area contributed by atoms with Gasteiger partial charge in [0.15, 0.2) is 0 Å². The van der Waals surface area contributed by atoms with Crippen LogP contribution in [0.2, 0.25) is 10.1 Å². The Bertz CT molecular complexity index is 397. The Balaban J connectivity index is 4.38. The van der Waals surface area contributed by atoms with Gasteiger partial charge in [-0.2, -0.15) is 0 Å². The van der Waals surface area contributed by atoms with Gasteiger partial charge in [0, 0.05) is 0 Å². The molecule has 0 radical (unpaired) electrons. The molecular formula is C16H32N2O4Si. The van der Waals surface area contributed by atoms with Crippen LogP contribution in [-0.2, 0) is 9.16 Å². The first kappa shape index (κ1) is 21.8. The molecule has 0 saturated carbocycles. The fourth-order valence-electron chi connectivity index (χ4n) is 2.58. The molecule has 7 heteroatoms. The summed E-state index contributed by atoms with van der Waals surface area (Å²) in [6.07, 6.45) is 2.37. The van der Waals surface area contributed by atoms with Crippen LogP contribution < -0.4 is 0 Å². The third-order valence-corrected chi connectivity index (χ3v) is 6.81. The molecule has 0 rings (SSSR count). The maximum absolute atomic E-state index is 11.8. The fourth-order valence-corrected chi connectivity index (χ4v) is 6.13. The molecule has 0 spiro atoms. The second-order valence-corrected chi connectivity index (χ2v) is 12.3. The first-order valence-electron chi connectivity index (χ1n) is 8.27. The highest BCUT2D eigenvalue weighted by atomic mass is 28.3. The zero-order chi connectivity index (χ0) is 18.1. The van der Waals surface area contributed by atoms with E-state index in [2.05, 4.69) is 17.2 Å². The zero-order valence-corrected chi connectivity index (χ0v) is 16.8. The Morgan fingerprint density at radius 1 is 0.870 bits per heavy atom. The molecule has 0 aromatic rings. The molecule has 0 aliphatic heterocycles. The summed E-state index contributed by atoms with van der Waals surface area (Å²) in [4.78, 5) is 23.2. The molecule has 0 saturated heterocycles. The number of hydrogen-bond acceptors (Lipinski definition) is 4. The average molecular weight is 345 g/mol. The number of unbranched alkanes of at least 4 members (excludes halogenated alkanes) is 3. The molecule has 0 aromatic heterocycles. The van der Waals surface area contributed by atoms with Crippen LogP contribution in [0, 0.1) is 0 Å². The molecule has 6 nitrogen and oxygen atoms in total. The normalized spacial score (nSPS) is 12.7. The Kier molecular flexibility index (Phi) is 9.27. The first-order chi connectivity index (χ1) is 10.5. The Labute approximate surface area is 141 Å². The zero-order valence-electron chi connectivity index (χ0n) is 15.6. The molecule has 0 aromatic carbocycles. The standard InChI is InChI=1S/C16H32N2O4Si/c1-8-9-10-11-12-21-13(19)17-18-14(20)22-23(15(2,3)4)16(5,6)7/h23H,8-12H2,1-7H3. The van der Waals surface area contributed by atoms with Gasteiger partial charge < -0.3 is 9.16 Å². The summed E-state index contributed by atoms with van der Waals surface area (Å²) < 4.78 is 10.4. The predicted octanol–water partition coefficient (Wildman–Crippen LogP) is 5.62. The maximum Gasteiger partial charge on any atom is 0.452 e. The lowest BCUT2D eigenvalue weighted by atomic mass is 10.2. The molecule has 0 fully saturated rings. The molecule has 0 aliphatic rings. The van der Waals surface area contributed by atoms with Gasteiger partial charge in [0.25, 0.3) is 9.04 Å². The lowest BCUT2D eigenvalue weighted by Crippen LogP contribution is -2.39. The van der Waals surface area contributed by atoms with Crippen molar-refractivity contribution < 1.29 is 18.8 Å². The van der Waals surface area contributed by atoms with E-state index in [0.29, 0.717) is 6.61 Å². The van der Waals surface area contributed by atoms with Crippen molar-refractivity contribution in [1.82, 2.24) is 0 Å². The number of hydrogen-bond donors (Lipinski definition) is 0. The highest BCUT2D eigenvalue weighted by Crippen LogP contribution is 2.42. The predicted molar refractivity (Wildman–Crippen MR) is 93.4 cm³/mol. The molecule has 134 valence electrons. The van der Waals surface area contributed by atoms with Crippen molar-refractivity contribution in [1.29, 1.82) is 0 Å². The summed E-state index contributed by atoms with van der Waals surface area (Å²) in [6, 6.07) is 0. The van der Waals surface area contributed by atoms with Crippen LogP contribution in [0.1, 0.15) is 74.1 Å². The van der Waals surface area contributed by atoms with Gasteiger partial charge in [0.2, 0.25) is 0 Å². The van der Waals surface area contributed by atoms with Gasteiger partial charge in [-0.1, -0.05) is 78.0 Å². The highest BCUT2D eigenvalue weighted by molar-refractivity contribution is 6.60. The van der Waals surface area contributed by atoms with Gasteiger partial charge in [0.1, 0.15) is 0 Å². The second-order valence-electron chi connectivity index (χ2n) is 7.87. The SMILES string of the molecule is CCCCCCOC(=O)N=NC(=O)O[SiH](C(C)(C)C)C(C)(C)C. The van der Waals surface area contributed by atoms with Crippen LogP contribution in [-0.4, -0.2) is 27.8 Å². The van der Waals surface area contributed by atoms with Gasteiger partial charge in [-0.3, -0.25) is 0 Å². The van der Waals surface area contributed by atoms with E-state index >= 15 is 0 Å². The first-order valence-corrected chi connectivity index (χ1v) is 9.90. The maximum atomic E-state index is 11.8. The van der Waals surface area contributed by atoms with Crippen LogP contribution in [0.25, 0.3) is 0 Å². The van der Waals surface area contributed by atoms with E-state index in [4.69, 9.17) is 9.16 Å². The van der Waals surface area contributed by atoms with Crippen molar-refractivity contribution in [2.24, 2.45) is 10.2 Å². The van der Waals surface area contributed by atoms with Gasteiger partial charge in [-0.25, -0.2) is 9.59 Å². The molecule has 0 bridgehead atoms. The van der Waals surface area contributed by atoms with E-state index in [1.165, 1.54) is 0 Å². The number of carbonyl (C=O) groups is 2. The molecule has 0 unspecified atom stereocenters. The van der Waals surface area contributed by atoms with E-state index in [0.717, 1.165) is 25.7 Å². The topological polar surface area (TPSA) is 77.3 Å². The van der Waals surface area contributed by atoms with Gasteiger partial charge in [0.05, 0.1) is 6.61 Å². The van der Waals surface area contributed by atoms with Crippen LogP contribution in [0.3, 0.4) is 0 Å². The molecular weight excluding hydrogens is 312 g/mol. The fraction of sp³-hybridized carbons (Fsp3) is 0.875. The average Bonchev–Trinajstić information content (AvgIpc) is 2.39. The third-order valence-electron chi connectivity index (χ3n) is 3.23. The number of carbonyl (C=O) groups excluding carboxylic acids is 2. The quantitative estimate of drug-likeness (QED) is 0.356. The number of amides is 2. The molecule has 0 N–H and O–H groups in total. The lowest BCUT2D eigenvalue weighted by molar-refractivity contribution is 0.151. The van der Waals surface area contributed by atoms with Gasteiger partial charge in [-0.15, -0.1) is 0 Å². The highest BCUT2D eigenvalue weighted by Gasteiger charge is 2.41. The van der Waals surface area contributed by atoms with Crippen molar-refractivity contribution in [3.8, 4) is 0 Å². The minimum atomic E-state index is -1.92. The number of ether oxygens (including phenoxy) is 1.